The number of para-hydroxylation sites is 1. The standard InChI is InChI=1S/C18H17N3O2/c22-16-11-23-10-15(16)20-18-13-8-4-5-9-14(13)19-17(21-18)12-6-2-1-3-7-12/h1-9,15-16,22H,10-11H2,(H,19,20,21)/t15-,16-/m1/s1. The maximum atomic E-state index is 9.98. The lowest BCUT2D eigenvalue weighted by molar-refractivity contribution is 0.125. The van der Waals surface area contributed by atoms with Crippen molar-refractivity contribution in [1.29, 1.82) is 0 Å². The molecule has 2 N–H and O–H groups in total. The van der Waals surface area contributed by atoms with E-state index in [4.69, 9.17) is 4.74 Å². The second-order valence-electron chi connectivity index (χ2n) is 5.63. The smallest absolute Gasteiger partial charge is 0.162 e. The Morgan fingerprint density at radius 2 is 1.74 bits per heavy atom. The van der Waals surface area contributed by atoms with Gasteiger partial charge in [-0.1, -0.05) is 42.5 Å². The third-order valence-electron chi connectivity index (χ3n) is 4.01. The fraction of sp³-hybridized carbons (Fsp3) is 0.222. The van der Waals surface area contributed by atoms with Gasteiger partial charge in [-0.15, -0.1) is 0 Å². The van der Waals surface area contributed by atoms with Gasteiger partial charge < -0.3 is 15.2 Å². The summed E-state index contributed by atoms with van der Waals surface area (Å²) in [4.78, 5) is 9.34. The van der Waals surface area contributed by atoms with E-state index in [1.165, 1.54) is 0 Å². The summed E-state index contributed by atoms with van der Waals surface area (Å²) in [5.74, 6) is 1.39. The minimum absolute atomic E-state index is 0.156. The van der Waals surface area contributed by atoms with Crippen LogP contribution in [0.1, 0.15) is 0 Å². The summed E-state index contributed by atoms with van der Waals surface area (Å²) in [6.45, 7) is 0.826. The number of nitrogens with one attached hydrogen (secondary N) is 1. The van der Waals surface area contributed by atoms with Crippen LogP contribution in [0.3, 0.4) is 0 Å². The predicted octanol–water partition coefficient (Wildman–Crippen LogP) is 2.47. The summed E-state index contributed by atoms with van der Waals surface area (Å²) in [6, 6.07) is 17.6. The highest BCUT2D eigenvalue weighted by atomic mass is 16.5. The first-order valence-electron chi connectivity index (χ1n) is 7.66. The fourth-order valence-corrected chi connectivity index (χ4v) is 2.76. The lowest BCUT2D eigenvalue weighted by atomic mass is 10.1. The molecule has 0 radical (unpaired) electrons. The average Bonchev–Trinajstić information content (AvgIpc) is 3.00. The zero-order chi connectivity index (χ0) is 15.6. The zero-order valence-corrected chi connectivity index (χ0v) is 12.5. The topological polar surface area (TPSA) is 67.3 Å². The van der Waals surface area contributed by atoms with E-state index < -0.39 is 6.10 Å². The number of rotatable bonds is 3. The monoisotopic (exact) mass is 307 g/mol. The van der Waals surface area contributed by atoms with Crippen LogP contribution in [0.15, 0.2) is 54.6 Å². The molecule has 2 atom stereocenters. The van der Waals surface area contributed by atoms with E-state index in [0.717, 1.165) is 22.3 Å². The Hall–Kier alpha value is -2.50. The molecule has 1 aromatic heterocycles. The number of aliphatic hydroxyl groups excluding tert-OH is 1. The summed E-state index contributed by atoms with van der Waals surface area (Å²) in [6.07, 6.45) is -0.524. The number of aromatic nitrogens is 2. The van der Waals surface area contributed by atoms with Crippen LogP contribution in [-0.4, -0.2) is 40.4 Å². The van der Waals surface area contributed by atoms with E-state index >= 15 is 0 Å². The van der Waals surface area contributed by atoms with Gasteiger partial charge in [0, 0.05) is 10.9 Å². The summed E-state index contributed by atoms with van der Waals surface area (Å²) < 4.78 is 5.31. The molecule has 3 aromatic rings. The van der Waals surface area contributed by atoms with E-state index in [-0.39, 0.29) is 6.04 Å². The van der Waals surface area contributed by atoms with Crippen molar-refractivity contribution < 1.29 is 9.84 Å². The van der Waals surface area contributed by atoms with Crippen LogP contribution in [0.4, 0.5) is 5.82 Å². The number of aliphatic hydroxyl groups is 1. The molecule has 4 rings (SSSR count). The Balaban J connectivity index is 1.81. The molecule has 0 spiro atoms. The largest absolute Gasteiger partial charge is 0.388 e. The van der Waals surface area contributed by atoms with Crippen molar-refractivity contribution in [1.82, 2.24) is 9.97 Å². The quantitative estimate of drug-likeness (QED) is 0.778. The highest BCUT2D eigenvalue weighted by molar-refractivity contribution is 5.90. The van der Waals surface area contributed by atoms with Gasteiger partial charge in [0.05, 0.1) is 30.9 Å². The van der Waals surface area contributed by atoms with Crippen LogP contribution in [0.5, 0.6) is 0 Å². The third-order valence-corrected chi connectivity index (χ3v) is 4.01. The Kier molecular flexibility index (Phi) is 3.65. The van der Waals surface area contributed by atoms with E-state index in [9.17, 15) is 5.11 Å². The summed E-state index contributed by atoms with van der Waals surface area (Å²) in [5.41, 5.74) is 1.83. The lowest BCUT2D eigenvalue weighted by Crippen LogP contribution is -2.32. The van der Waals surface area contributed by atoms with Crippen molar-refractivity contribution in [2.45, 2.75) is 12.1 Å². The van der Waals surface area contributed by atoms with Crippen molar-refractivity contribution in [3.63, 3.8) is 0 Å². The van der Waals surface area contributed by atoms with Gasteiger partial charge >= 0.3 is 0 Å². The number of benzene rings is 2. The Labute approximate surface area is 134 Å². The molecular formula is C18H17N3O2. The average molecular weight is 307 g/mol. The molecule has 2 aromatic carbocycles. The van der Waals surface area contributed by atoms with Gasteiger partial charge in [0.1, 0.15) is 5.82 Å². The SMILES string of the molecule is O[C@@H]1COC[C@H]1Nc1nc(-c2ccccc2)nc2ccccc12. The zero-order valence-electron chi connectivity index (χ0n) is 12.5. The van der Waals surface area contributed by atoms with Crippen molar-refractivity contribution >= 4 is 16.7 Å². The molecule has 0 saturated carbocycles. The molecule has 5 nitrogen and oxygen atoms in total. The normalized spacial score (nSPS) is 20.7. The molecule has 23 heavy (non-hydrogen) atoms. The molecular weight excluding hydrogens is 290 g/mol. The predicted molar refractivity (Wildman–Crippen MR) is 89.2 cm³/mol. The van der Waals surface area contributed by atoms with Crippen LogP contribution < -0.4 is 5.32 Å². The van der Waals surface area contributed by atoms with Crippen LogP contribution in [0.2, 0.25) is 0 Å². The van der Waals surface area contributed by atoms with Gasteiger partial charge in [-0.3, -0.25) is 0 Å². The molecule has 2 heterocycles. The highest BCUT2D eigenvalue weighted by Gasteiger charge is 2.27. The molecule has 0 bridgehead atoms. The van der Waals surface area contributed by atoms with E-state index in [1.807, 2.05) is 54.6 Å². The maximum absolute atomic E-state index is 9.98. The van der Waals surface area contributed by atoms with Crippen LogP contribution in [-0.2, 0) is 4.74 Å². The lowest BCUT2D eigenvalue weighted by Gasteiger charge is -2.17. The first kappa shape index (κ1) is 14.1. The number of hydrogen-bond donors (Lipinski definition) is 2. The van der Waals surface area contributed by atoms with Gasteiger partial charge in [0.15, 0.2) is 5.82 Å². The summed E-state index contributed by atoms with van der Waals surface area (Å²) in [7, 11) is 0. The number of anilines is 1. The summed E-state index contributed by atoms with van der Waals surface area (Å²) >= 11 is 0. The maximum Gasteiger partial charge on any atom is 0.162 e. The van der Waals surface area contributed by atoms with E-state index in [2.05, 4.69) is 15.3 Å². The van der Waals surface area contributed by atoms with Crippen molar-refractivity contribution in [2.75, 3.05) is 18.5 Å². The highest BCUT2D eigenvalue weighted by Crippen LogP contribution is 2.26. The Bertz CT molecular complexity index is 823. The molecule has 0 aliphatic carbocycles. The number of ether oxygens (including phenoxy) is 1. The third kappa shape index (κ3) is 2.76. The molecule has 5 heteroatoms. The first-order chi connectivity index (χ1) is 11.3. The van der Waals surface area contributed by atoms with Gasteiger partial charge in [-0.05, 0) is 12.1 Å². The molecule has 116 valence electrons. The van der Waals surface area contributed by atoms with Gasteiger partial charge in [-0.2, -0.15) is 0 Å². The minimum Gasteiger partial charge on any atom is -0.388 e. The number of hydrogen-bond acceptors (Lipinski definition) is 5. The van der Waals surface area contributed by atoms with Crippen LogP contribution >= 0.6 is 0 Å². The van der Waals surface area contributed by atoms with E-state index in [1.54, 1.807) is 0 Å². The Morgan fingerprint density at radius 3 is 2.52 bits per heavy atom. The van der Waals surface area contributed by atoms with Crippen molar-refractivity contribution in [3.8, 4) is 11.4 Å². The van der Waals surface area contributed by atoms with Gasteiger partial charge in [-0.25, -0.2) is 9.97 Å². The first-order valence-corrected chi connectivity index (χ1v) is 7.66. The fourth-order valence-electron chi connectivity index (χ4n) is 2.76. The van der Waals surface area contributed by atoms with Crippen LogP contribution in [0, 0.1) is 0 Å². The molecule has 1 aliphatic heterocycles. The van der Waals surface area contributed by atoms with Crippen molar-refractivity contribution in [3.05, 3.63) is 54.6 Å². The number of fused-ring (bicyclic) bond motifs is 1. The van der Waals surface area contributed by atoms with Crippen LogP contribution in [0.25, 0.3) is 22.3 Å². The Morgan fingerprint density at radius 1 is 0.957 bits per heavy atom. The number of nitrogens with zero attached hydrogens (tertiary/aromatic N) is 2. The molecule has 1 saturated heterocycles. The minimum atomic E-state index is -0.524. The van der Waals surface area contributed by atoms with Crippen molar-refractivity contribution in [2.24, 2.45) is 0 Å². The van der Waals surface area contributed by atoms with E-state index in [0.29, 0.717) is 19.0 Å². The molecule has 1 fully saturated rings. The molecule has 0 amide bonds. The summed E-state index contributed by atoms with van der Waals surface area (Å²) in [5, 5.41) is 14.2. The molecule has 0 unspecified atom stereocenters. The second-order valence-corrected chi connectivity index (χ2v) is 5.63. The van der Waals surface area contributed by atoms with Gasteiger partial charge in [0.2, 0.25) is 0 Å². The second kappa shape index (κ2) is 5.95. The molecule has 1 aliphatic rings. The van der Waals surface area contributed by atoms with Gasteiger partial charge in [0.25, 0.3) is 0 Å².